The lowest BCUT2D eigenvalue weighted by molar-refractivity contribution is 0.669. The van der Waals surface area contributed by atoms with Crippen LogP contribution in [0.4, 0.5) is 17.1 Å². The van der Waals surface area contributed by atoms with E-state index in [1.165, 1.54) is 0 Å². The first-order valence-electron chi connectivity index (χ1n) is 8.92. The molecule has 2 radical (unpaired) electrons. The maximum Gasteiger partial charge on any atom is 0.137 e. The summed E-state index contributed by atoms with van der Waals surface area (Å²) in [6, 6.07) is 32.7. The van der Waals surface area contributed by atoms with Crippen LogP contribution in [0, 0.1) is 0 Å². The minimum Gasteiger partial charge on any atom is -0.456 e. The first kappa shape index (κ1) is 15.8. The van der Waals surface area contributed by atoms with Crippen LogP contribution in [0.15, 0.2) is 101 Å². The van der Waals surface area contributed by atoms with Crippen molar-refractivity contribution in [3.8, 4) is 0 Å². The van der Waals surface area contributed by atoms with Crippen LogP contribution in [0.25, 0.3) is 21.9 Å². The van der Waals surface area contributed by atoms with Gasteiger partial charge in [0.2, 0.25) is 0 Å². The highest BCUT2D eigenvalue weighted by Crippen LogP contribution is 2.37. The largest absolute Gasteiger partial charge is 0.456 e. The van der Waals surface area contributed by atoms with E-state index in [0.29, 0.717) is 0 Å². The van der Waals surface area contributed by atoms with Crippen molar-refractivity contribution >= 4 is 52.3 Å². The summed E-state index contributed by atoms with van der Waals surface area (Å²) < 4.78 is 6.09. The fourth-order valence-corrected chi connectivity index (χ4v) is 3.50. The number of para-hydroxylation sites is 2. The zero-order valence-corrected chi connectivity index (χ0v) is 14.7. The van der Waals surface area contributed by atoms with E-state index in [1.807, 2.05) is 60.7 Å². The Hall–Kier alpha value is -3.46. The standard InChI is InChI=1S/C24H16BNO/c25-17-10-12-19(13-11-17)26(18-6-2-1-3-7-18)20-14-15-22-21-8-4-5-9-23(21)27-24(22)16-20/h1-16H. The molecule has 0 unspecified atom stereocenters. The van der Waals surface area contributed by atoms with Gasteiger partial charge in [-0.3, -0.25) is 0 Å². The number of anilines is 3. The summed E-state index contributed by atoms with van der Waals surface area (Å²) in [5.41, 5.74) is 5.70. The fourth-order valence-electron chi connectivity index (χ4n) is 3.50. The number of fused-ring (bicyclic) bond motifs is 3. The van der Waals surface area contributed by atoms with Crippen LogP contribution in [-0.2, 0) is 0 Å². The maximum absolute atomic E-state index is 6.09. The molecule has 4 aromatic carbocycles. The normalized spacial score (nSPS) is 11.1. The van der Waals surface area contributed by atoms with Gasteiger partial charge in [0.25, 0.3) is 0 Å². The molecule has 3 heteroatoms. The molecular weight excluding hydrogens is 329 g/mol. The summed E-state index contributed by atoms with van der Waals surface area (Å²) in [6.45, 7) is 0. The van der Waals surface area contributed by atoms with Crippen LogP contribution in [0.1, 0.15) is 0 Å². The molecule has 126 valence electrons. The van der Waals surface area contributed by atoms with Crippen LogP contribution in [0.5, 0.6) is 0 Å². The van der Waals surface area contributed by atoms with E-state index in [2.05, 4.69) is 41.3 Å². The number of furan rings is 1. The molecule has 0 saturated carbocycles. The Bertz CT molecular complexity index is 1230. The Morgan fingerprint density at radius 1 is 0.556 bits per heavy atom. The predicted molar refractivity (Wildman–Crippen MR) is 114 cm³/mol. The fraction of sp³-hybridized carbons (Fsp3) is 0. The molecule has 0 aliphatic rings. The molecule has 1 heterocycles. The van der Waals surface area contributed by atoms with Crippen molar-refractivity contribution in [3.05, 3.63) is 97.1 Å². The van der Waals surface area contributed by atoms with E-state index in [9.17, 15) is 0 Å². The van der Waals surface area contributed by atoms with Gasteiger partial charge in [0.05, 0.1) is 0 Å². The van der Waals surface area contributed by atoms with Gasteiger partial charge < -0.3 is 9.32 Å². The third-order valence-corrected chi connectivity index (χ3v) is 4.79. The summed E-state index contributed by atoms with van der Waals surface area (Å²) in [7, 11) is 5.89. The Morgan fingerprint density at radius 3 is 2.00 bits per heavy atom. The van der Waals surface area contributed by atoms with Crippen molar-refractivity contribution in [1.29, 1.82) is 0 Å². The van der Waals surface area contributed by atoms with Crippen molar-refractivity contribution in [2.75, 3.05) is 4.90 Å². The molecule has 0 spiro atoms. The smallest absolute Gasteiger partial charge is 0.137 e. The SMILES string of the molecule is [B]c1ccc(N(c2ccccc2)c2ccc3c(c2)oc2ccccc23)cc1. The topological polar surface area (TPSA) is 16.4 Å². The van der Waals surface area contributed by atoms with Gasteiger partial charge >= 0.3 is 0 Å². The molecule has 5 aromatic rings. The molecule has 5 rings (SSSR count). The van der Waals surface area contributed by atoms with Crippen molar-refractivity contribution in [1.82, 2.24) is 0 Å². The highest BCUT2D eigenvalue weighted by atomic mass is 16.3. The van der Waals surface area contributed by atoms with Crippen LogP contribution in [-0.4, -0.2) is 7.85 Å². The van der Waals surface area contributed by atoms with Crippen molar-refractivity contribution < 1.29 is 4.42 Å². The molecule has 0 amide bonds. The van der Waals surface area contributed by atoms with E-state index in [0.717, 1.165) is 44.5 Å². The van der Waals surface area contributed by atoms with Crippen molar-refractivity contribution in [2.45, 2.75) is 0 Å². The lowest BCUT2D eigenvalue weighted by Crippen LogP contribution is -2.11. The average molecular weight is 345 g/mol. The van der Waals surface area contributed by atoms with Gasteiger partial charge in [-0.15, -0.1) is 0 Å². The van der Waals surface area contributed by atoms with E-state index >= 15 is 0 Å². The quantitative estimate of drug-likeness (QED) is 0.381. The lowest BCUT2D eigenvalue weighted by atomic mass is 9.96. The summed E-state index contributed by atoms with van der Waals surface area (Å²) in [5, 5.41) is 2.26. The van der Waals surface area contributed by atoms with Gasteiger partial charge in [0.15, 0.2) is 0 Å². The molecule has 1 aromatic heterocycles. The van der Waals surface area contributed by atoms with E-state index in [1.54, 1.807) is 0 Å². The molecule has 0 N–H and O–H groups in total. The van der Waals surface area contributed by atoms with Crippen molar-refractivity contribution in [2.24, 2.45) is 0 Å². The number of hydrogen-bond acceptors (Lipinski definition) is 2. The van der Waals surface area contributed by atoms with Crippen LogP contribution in [0.2, 0.25) is 0 Å². The minimum atomic E-state index is 0.750. The maximum atomic E-state index is 6.09. The van der Waals surface area contributed by atoms with Crippen molar-refractivity contribution in [3.63, 3.8) is 0 Å². The lowest BCUT2D eigenvalue weighted by Gasteiger charge is -2.25. The molecule has 0 aliphatic carbocycles. The van der Waals surface area contributed by atoms with Gasteiger partial charge in [-0.05, 0) is 42.5 Å². The van der Waals surface area contributed by atoms with E-state index < -0.39 is 0 Å². The minimum absolute atomic E-state index is 0.750. The zero-order valence-electron chi connectivity index (χ0n) is 14.7. The van der Waals surface area contributed by atoms with E-state index in [4.69, 9.17) is 12.3 Å². The summed E-state index contributed by atoms with van der Waals surface area (Å²) in [6.07, 6.45) is 0. The first-order valence-corrected chi connectivity index (χ1v) is 8.92. The third kappa shape index (κ3) is 2.78. The number of hydrogen-bond donors (Lipinski definition) is 0. The summed E-state index contributed by atoms with van der Waals surface area (Å²) in [4.78, 5) is 2.20. The second kappa shape index (κ2) is 6.37. The summed E-state index contributed by atoms with van der Waals surface area (Å²) >= 11 is 0. The Morgan fingerprint density at radius 2 is 1.19 bits per heavy atom. The van der Waals surface area contributed by atoms with E-state index in [-0.39, 0.29) is 0 Å². The number of nitrogens with zero attached hydrogens (tertiary/aromatic N) is 1. The molecule has 2 nitrogen and oxygen atoms in total. The zero-order chi connectivity index (χ0) is 18.2. The molecule has 0 bridgehead atoms. The van der Waals surface area contributed by atoms with Crippen LogP contribution in [0.3, 0.4) is 0 Å². The van der Waals surface area contributed by atoms with Crippen LogP contribution >= 0.6 is 0 Å². The van der Waals surface area contributed by atoms with Gasteiger partial charge in [0, 0.05) is 33.9 Å². The second-order valence-electron chi connectivity index (χ2n) is 6.54. The Labute approximate surface area is 159 Å². The molecule has 27 heavy (non-hydrogen) atoms. The number of benzene rings is 4. The summed E-state index contributed by atoms with van der Waals surface area (Å²) in [5.74, 6) is 0. The molecule has 0 saturated heterocycles. The van der Waals surface area contributed by atoms with Gasteiger partial charge in [-0.25, -0.2) is 0 Å². The third-order valence-electron chi connectivity index (χ3n) is 4.79. The molecular formula is C24H16BNO. The molecule has 0 fully saturated rings. The predicted octanol–water partition coefficient (Wildman–Crippen LogP) is 5.85. The molecule has 0 aliphatic heterocycles. The average Bonchev–Trinajstić information content (AvgIpc) is 3.08. The van der Waals surface area contributed by atoms with Crippen LogP contribution < -0.4 is 10.4 Å². The highest BCUT2D eigenvalue weighted by molar-refractivity contribution is 6.32. The van der Waals surface area contributed by atoms with Gasteiger partial charge in [-0.1, -0.05) is 54.0 Å². The first-order chi connectivity index (χ1) is 13.3. The monoisotopic (exact) mass is 345 g/mol. The highest BCUT2D eigenvalue weighted by Gasteiger charge is 2.14. The Balaban J connectivity index is 1.71. The Kier molecular flexibility index (Phi) is 3.72. The molecule has 0 atom stereocenters. The second-order valence-corrected chi connectivity index (χ2v) is 6.54. The number of rotatable bonds is 3. The van der Waals surface area contributed by atoms with Gasteiger partial charge in [0.1, 0.15) is 19.0 Å². The van der Waals surface area contributed by atoms with Gasteiger partial charge in [-0.2, -0.15) is 0 Å².